The predicted octanol–water partition coefficient (Wildman–Crippen LogP) is 1.41. The van der Waals surface area contributed by atoms with Gasteiger partial charge < -0.3 is 4.90 Å². The van der Waals surface area contributed by atoms with Gasteiger partial charge in [-0.15, -0.1) is 0 Å². The Bertz CT molecular complexity index is 280. The SMILES string of the molecule is N#CC1C=CN2C=CC=CC12. The molecule has 0 N–H and O–H groups in total. The average molecular weight is 144 g/mol. The van der Waals surface area contributed by atoms with E-state index in [9.17, 15) is 0 Å². The van der Waals surface area contributed by atoms with Crippen molar-refractivity contribution in [3.63, 3.8) is 0 Å². The molecule has 0 spiro atoms. The Hall–Kier alpha value is -1.49. The number of allylic oxidation sites excluding steroid dienone is 2. The molecule has 2 nitrogen and oxygen atoms in total. The Labute approximate surface area is 65.7 Å². The minimum atomic E-state index is 0.0243. The second kappa shape index (κ2) is 2.28. The summed E-state index contributed by atoms with van der Waals surface area (Å²) >= 11 is 0. The minimum absolute atomic E-state index is 0.0243. The van der Waals surface area contributed by atoms with Gasteiger partial charge >= 0.3 is 0 Å². The highest BCUT2D eigenvalue weighted by atomic mass is 15.1. The summed E-state index contributed by atoms with van der Waals surface area (Å²) in [6.45, 7) is 0. The maximum absolute atomic E-state index is 8.72. The van der Waals surface area contributed by atoms with Crippen LogP contribution in [0.5, 0.6) is 0 Å². The summed E-state index contributed by atoms with van der Waals surface area (Å²) in [5, 5.41) is 8.72. The van der Waals surface area contributed by atoms with Crippen LogP contribution in [0.3, 0.4) is 0 Å². The summed E-state index contributed by atoms with van der Waals surface area (Å²) in [5.41, 5.74) is 0. The first-order valence-corrected chi connectivity index (χ1v) is 3.62. The van der Waals surface area contributed by atoms with Gasteiger partial charge in [0.05, 0.1) is 18.0 Å². The predicted molar refractivity (Wildman–Crippen MR) is 42.2 cm³/mol. The highest BCUT2D eigenvalue weighted by molar-refractivity contribution is 5.26. The largest absolute Gasteiger partial charge is 0.346 e. The van der Waals surface area contributed by atoms with E-state index in [0.29, 0.717) is 0 Å². The van der Waals surface area contributed by atoms with Crippen molar-refractivity contribution in [2.75, 3.05) is 0 Å². The molecule has 0 aromatic carbocycles. The molecule has 2 aliphatic heterocycles. The van der Waals surface area contributed by atoms with Crippen LogP contribution < -0.4 is 0 Å². The molecule has 0 bridgehead atoms. The summed E-state index contributed by atoms with van der Waals surface area (Å²) in [6, 6.07) is 2.49. The molecule has 11 heavy (non-hydrogen) atoms. The van der Waals surface area contributed by atoms with Crippen LogP contribution in [0.25, 0.3) is 0 Å². The van der Waals surface area contributed by atoms with Crippen molar-refractivity contribution >= 4 is 0 Å². The molecule has 0 aromatic heterocycles. The first-order valence-electron chi connectivity index (χ1n) is 3.62. The third-order valence-corrected chi connectivity index (χ3v) is 2.00. The Morgan fingerprint density at radius 1 is 1.18 bits per heavy atom. The lowest BCUT2D eigenvalue weighted by atomic mass is 10.0. The van der Waals surface area contributed by atoms with Gasteiger partial charge in [-0.1, -0.05) is 12.2 Å². The summed E-state index contributed by atoms with van der Waals surface area (Å²) in [7, 11) is 0. The van der Waals surface area contributed by atoms with Gasteiger partial charge in [0.2, 0.25) is 0 Å². The number of fused-ring (bicyclic) bond motifs is 1. The molecule has 0 fully saturated rings. The van der Waals surface area contributed by atoms with Gasteiger partial charge in [-0.2, -0.15) is 5.26 Å². The molecule has 2 heteroatoms. The minimum Gasteiger partial charge on any atom is -0.346 e. The molecule has 2 atom stereocenters. The van der Waals surface area contributed by atoms with Crippen LogP contribution in [0.1, 0.15) is 0 Å². The number of hydrogen-bond donors (Lipinski definition) is 0. The monoisotopic (exact) mass is 144 g/mol. The van der Waals surface area contributed by atoms with E-state index in [1.54, 1.807) is 0 Å². The molecule has 2 aliphatic rings. The topological polar surface area (TPSA) is 27.0 Å². The third-order valence-electron chi connectivity index (χ3n) is 2.00. The standard InChI is InChI=1S/C9H8N2/c10-7-8-4-6-11-5-2-1-3-9(8)11/h1-6,8-9H. The maximum Gasteiger partial charge on any atom is 0.0903 e. The Morgan fingerprint density at radius 2 is 2.09 bits per heavy atom. The number of rotatable bonds is 0. The molecule has 0 amide bonds. The second-order valence-corrected chi connectivity index (χ2v) is 2.66. The van der Waals surface area contributed by atoms with Crippen molar-refractivity contribution in [1.82, 2.24) is 4.90 Å². The van der Waals surface area contributed by atoms with E-state index in [0.717, 1.165) is 0 Å². The lowest BCUT2D eigenvalue weighted by Gasteiger charge is -2.22. The van der Waals surface area contributed by atoms with E-state index in [1.165, 1.54) is 0 Å². The number of nitrogens with zero attached hydrogens (tertiary/aromatic N) is 2. The summed E-state index contributed by atoms with van der Waals surface area (Å²) in [6.07, 6.45) is 11.9. The normalized spacial score (nSPS) is 32.1. The van der Waals surface area contributed by atoms with Crippen LogP contribution in [0, 0.1) is 17.2 Å². The van der Waals surface area contributed by atoms with E-state index < -0.39 is 0 Å². The fourth-order valence-corrected chi connectivity index (χ4v) is 1.41. The highest BCUT2D eigenvalue weighted by Crippen LogP contribution is 2.24. The summed E-state index contributed by atoms with van der Waals surface area (Å²) in [4.78, 5) is 2.05. The van der Waals surface area contributed by atoms with Crippen molar-refractivity contribution in [1.29, 1.82) is 5.26 Å². The van der Waals surface area contributed by atoms with Crippen LogP contribution in [-0.4, -0.2) is 10.9 Å². The lowest BCUT2D eigenvalue weighted by Crippen LogP contribution is -2.26. The zero-order valence-corrected chi connectivity index (χ0v) is 6.01. The van der Waals surface area contributed by atoms with Gasteiger partial charge in [-0.25, -0.2) is 0 Å². The molecule has 0 aromatic rings. The van der Waals surface area contributed by atoms with Gasteiger partial charge in [-0.3, -0.25) is 0 Å². The van der Waals surface area contributed by atoms with Gasteiger partial charge in [0.25, 0.3) is 0 Å². The molecule has 2 unspecified atom stereocenters. The first kappa shape index (κ1) is 6.23. The number of nitriles is 1. The molecule has 2 heterocycles. The van der Waals surface area contributed by atoms with Gasteiger partial charge in [0, 0.05) is 12.4 Å². The van der Waals surface area contributed by atoms with Crippen molar-refractivity contribution in [2.45, 2.75) is 6.04 Å². The van der Waals surface area contributed by atoms with Crippen LogP contribution in [0.15, 0.2) is 36.7 Å². The van der Waals surface area contributed by atoms with Gasteiger partial charge in [0.1, 0.15) is 0 Å². The maximum atomic E-state index is 8.72. The molecule has 0 radical (unpaired) electrons. The Balaban J connectivity index is 2.26. The van der Waals surface area contributed by atoms with Crippen molar-refractivity contribution in [3.8, 4) is 6.07 Å². The van der Waals surface area contributed by atoms with E-state index >= 15 is 0 Å². The van der Waals surface area contributed by atoms with Crippen LogP contribution in [0.4, 0.5) is 0 Å². The van der Waals surface area contributed by atoms with Crippen LogP contribution in [-0.2, 0) is 0 Å². The third kappa shape index (κ3) is 0.857. The van der Waals surface area contributed by atoms with Crippen LogP contribution in [0.2, 0.25) is 0 Å². The quantitative estimate of drug-likeness (QED) is 0.514. The summed E-state index contributed by atoms with van der Waals surface area (Å²) < 4.78 is 0. The second-order valence-electron chi connectivity index (χ2n) is 2.66. The van der Waals surface area contributed by atoms with E-state index in [2.05, 4.69) is 6.07 Å². The molecule has 54 valence electrons. The zero-order valence-electron chi connectivity index (χ0n) is 6.01. The van der Waals surface area contributed by atoms with Crippen molar-refractivity contribution < 1.29 is 0 Å². The Kier molecular flexibility index (Phi) is 1.29. The van der Waals surface area contributed by atoms with E-state index in [1.807, 2.05) is 41.6 Å². The fourth-order valence-electron chi connectivity index (χ4n) is 1.41. The average Bonchev–Trinajstić information content (AvgIpc) is 2.47. The molecule has 0 aliphatic carbocycles. The molecule has 2 rings (SSSR count). The highest BCUT2D eigenvalue weighted by Gasteiger charge is 2.26. The van der Waals surface area contributed by atoms with E-state index in [-0.39, 0.29) is 12.0 Å². The van der Waals surface area contributed by atoms with Crippen molar-refractivity contribution in [2.24, 2.45) is 5.92 Å². The smallest absolute Gasteiger partial charge is 0.0903 e. The molecular weight excluding hydrogens is 136 g/mol. The molecule has 0 saturated carbocycles. The van der Waals surface area contributed by atoms with Gasteiger partial charge in [0.15, 0.2) is 0 Å². The Morgan fingerprint density at radius 3 is 2.91 bits per heavy atom. The van der Waals surface area contributed by atoms with Crippen LogP contribution >= 0.6 is 0 Å². The first-order chi connectivity index (χ1) is 5.42. The summed E-state index contributed by atoms with van der Waals surface area (Å²) in [5.74, 6) is 0.0243. The fraction of sp³-hybridized carbons (Fsp3) is 0.222. The van der Waals surface area contributed by atoms with Gasteiger partial charge in [-0.05, 0) is 12.2 Å². The number of hydrogen-bond acceptors (Lipinski definition) is 2. The lowest BCUT2D eigenvalue weighted by molar-refractivity contribution is 0.420. The zero-order chi connectivity index (χ0) is 7.68. The van der Waals surface area contributed by atoms with Crippen molar-refractivity contribution in [3.05, 3.63) is 36.7 Å². The molecular formula is C9H8N2. The van der Waals surface area contributed by atoms with E-state index in [4.69, 9.17) is 5.26 Å². The molecule has 0 saturated heterocycles.